The number of rotatable bonds is 4. The lowest BCUT2D eigenvalue weighted by Gasteiger charge is -2.38. The lowest BCUT2D eigenvalue weighted by Crippen LogP contribution is -2.45. The number of nitrogens with zero attached hydrogens (tertiary/aromatic N) is 1. The van der Waals surface area contributed by atoms with Crippen molar-refractivity contribution in [3.8, 4) is 0 Å². The van der Waals surface area contributed by atoms with E-state index in [-0.39, 0.29) is 0 Å². The van der Waals surface area contributed by atoms with Gasteiger partial charge in [-0.1, -0.05) is 6.92 Å². The third-order valence-electron chi connectivity index (χ3n) is 4.29. The van der Waals surface area contributed by atoms with Gasteiger partial charge in [-0.15, -0.1) is 0 Å². The van der Waals surface area contributed by atoms with Crippen LogP contribution in [0, 0.1) is 12.3 Å². The lowest BCUT2D eigenvalue weighted by atomic mass is 9.88. The van der Waals surface area contributed by atoms with Gasteiger partial charge in [0.05, 0.1) is 13.2 Å². The quantitative estimate of drug-likeness (QED) is 0.900. The molecule has 3 heteroatoms. The van der Waals surface area contributed by atoms with E-state index in [1.54, 1.807) is 0 Å². The summed E-state index contributed by atoms with van der Waals surface area (Å²) >= 11 is 0. The molecule has 3 nitrogen and oxygen atoms in total. The summed E-state index contributed by atoms with van der Waals surface area (Å²) in [6.45, 7) is 9.65. The number of aryl methyl sites for hydroxylation is 1. The van der Waals surface area contributed by atoms with Crippen LogP contribution in [-0.4, -0.2) is 32.8 Å². The molecule has 1 N–H and O–H groups in total. The molecule has 19 heavy (non-hydrogen) atoms. The highest BCUT2D eigenvalue weighted by Crippen LogP contribution is 2.29. The van der Waals surface area contributed by atoms with Crippen molar-refractivity contribution < 1.29 is 4.74 Å². The van der Waals surface area contributed by atoms with Crippen LogP contribution in [0.1, 0.15) is 25.3 Å². The minimum Gasteiger partial charge on any atom is -0.384 e. The molecule has 2 saturated heterocycles. The summed E-state index contributed by atoms with van der Waals surface area (Å²) in [5.74, 6) is 0. The fraction of sp³-hybridized carbons (Fsp3) is 0.625. The zero-order valence-corrected chi connectivity index (χ0v) is 12.0. The molecule has 0 atom stereocenters. The smallest absolute Gasteiger partial charge is 0.0559 e. The summed E-state index contributed by atoms with van der Waals surface area (Å²) in [5.41, 5.74) is 4.29. The van der Waals surface area contributed by atoms with Gasteiger partial charge in [-0.25, -0.2) is 0 Å². The Morgan fingerprint density at radius 2 is 2.00 bits per heavy atom. The molecule has 0 radical (unpaired) electrons. The Hall–Kier alpha value is -1.22. The van der Waals surface area contributed by atoms with E-state index in [0.29, 0.717) is 5.41 Å². The first-order valence-electron chi connectivity index (χ1n) is 7.34. The monoisotopic (exact) mass is 260 g/mol. The van der Waals surface area contributed by atoms with Gasteiger partial charge in [-0.2, -0.15) is 0 Å². The molecule has 0 unspecified atom stereocenters. The van der Waals surface area contributed by atoms with Crippen molar-refractivity contribution in [2.45, 2.75) is 26.7 Å². The summed E-state index contributed by atoms with van der Waals surface area (Å²) in [7, 11) is 0. The van der Waals surface area contributed by atoms with Crippen LogP contribution in [-0.2, 0) is 4.74 Å². The first kappa shape index (κ1) is 12.8. The van der Waals surface area contributed by atoms with Crippen LogP contribution < -0.4 is 10.2 Å². The lowest BCUT2D eigenvalue weighted by molar-refractivity contribution is -0.0924. The standard InChI is InChI=1S/C16H24N2O/c1-13-9-14(18-7-3-4-8-18)5-6-15(13)17-10-16(2)11-19-12-16/h5-6,9,17H,3-4,7-8,10-12H2,1-2H3. The summed E-state index contributed by atoms with van der Waals surface area (Å²) in [6, 6.07) is 6.79. The van der Waals surface area contributed by atoms with Crippen LogP contribution in [0.3, 0.4) is 0 Å². The van der Waals surface area contributed by atoms with Gasteiger partial charge in [0.2, 0.25) is 0 Å². The van der Waals surface area contributed by atoms with Crippen molar-refractivity contribution in [3.63, 3.8) is 0 Å². The number of nitrogens with one attached hydrogen (secondary N) is 1. The van der Waals surface area contributed by atoms with E-state index in [1.807, 2.05) is 0 Å². The van der Waals surface area contributed by atoms with E-state index in [1.165, 1.54) is 42.9 Å². The number of anilines is 2. The van der Waals surface area contributed by atoms with Gasteiger partial charge in [-0.3, -0.25) is 0 Å². The van der Waals surface area contributed by atoms with Gasteiger partial charge < -0.3 is 15.0 Å². The zero-order chi connectivity index (χ0) is 13.3. The normalized spacial score (nSPS) is 21.3. The van der Waals surface area contributed by atoms with Crippen LogP contribution in [0.25, 0.3) is 0 Å². The van der Waals surface area contributed by atoms with E-state index < -0.39 is 0 Å². The van der Waals surface area contributed by atoms with E-state index in [4.69, 9.17) is 4.74 Å². The Labute approximate surface area is 115 Å². The van der Waals surface area contributed by atoms with Gasteiger partial charge in [-0.05, 0) is 43.5 Å². The number of hydrogen-bond donors (Lipinski definition) is 1. The third kappa shape index (κ3) is 2.71. The van der Waals surface area contributed by atoms with Crippen molar-refractivity contribution in [1.29, 1.82) is 0 Å². The molecule has 0 spiro atoms. The number of hydrogen-bond acceptors (Lipinski definition) is 3. The molecule has 1 aromatic carbocycles. The van der Waals surface area contributed by atoms with Gasteiger partial charge in [0.15, 0.2) is 0 Å². The summed E-state index contributed by atoms with van der Waals surface area (Å²) < 4.78 is 5.30. The Kier molecular flexibility index (Phi) is 3.40. The summed E-state index contributed by atoms with van der Waals surface area (Å²) in [6.07, 6.45) is 2.66. The first-order chi connectivity index (χ1) is 9.16. The topological polar surface area (TPSA) is 24.5 Å². The molecular formula is C16H24N2O. The maximum atomic E-state index is 5.30. The molecule has 2 fully saturated rings. The maximum Gasteiger partial charge on any atom is 0.0559 e. The zero-order valence-electron chi connectivity index (χ0n) is 12.0. The molecule has 2 heterocycles. The van der Waals surface area contributed by atoms with Crippen LogP contribution in [0.5, 0.6) is 0 Å². The average molecular weight is 260 g/mol. The minimum atomic E-state index is 0.320. The van der Waals surface area contributed by atoms with Gasteiger partial charge in [0.1, 0.15) is 0 Å². The van der Waals surface area contributed by atoms with Crippen molar-refractivity contribution in [3.05, 3.63) is 23.8 Å². The predicted octanol–water partition coefficient (Wildman–Crippen LogP) is 3.04. The second-order valence-electron chi connectivity index (χ2n) is 6.35. The van der Waals surface area contributed by atoms with Gasteiger partial charge >= 0.3 is 0 Å². The molecule has 3 rings (SSSR count). The third-order valence-corrected chi connectivity index (χ3v) is 4.29. The second-order valence-corrected chi connectivity index (χ2v) is 6.35. The molecule has 1 aromatic rings. The maximum absolute atomic E-state index is 5.30. The van der Waals surface area contributed by atoms with Crippen LogP contribution in [0.2, 0.25) is 0 Å². The van der Waals surface area contributed by atoms with Crippen LogP contribution in [0.15, 0.2) is 18.2 Å². The fourth-order valence-corrected chi connectivity index (χ4v) is 2.88. The molecule has 0 saturated carbocycles. The van der Waals surface area contributed by atoms with E-state index in [9.17, 15) is 0 Å². The van der Waals surface area contributed by atoms with Crippen molar-refractivity contribution in [1.82, 2.24) is 0 Å². The molecule has 0 aromatic heterocycles. The van der Waals surface area contributed by atoms with Gasteiger partial charge in [0.25, 0.3) is 0 Å². The van der Waals surface area contributed by atoms with E-state index >= 15 is 0 Å². The highest BCUT2D eigenvalue weighted by atomic mass is 16.5. The summed E-state index contributed by atoms with van der Waals surface area (Å²) in [5, 5.41) is 3.57. The predicted molar refractivity (Wildman–Crippen MR) is 80.0 cm³/mol. The number of ether oxygens (including phenoxy) is 1. The molecule has 2 aliphatic heterocycles. The first-order valence-corrected chi connectivity index (χ1v) is 7.34. The molecule has 2 aliphatic rings. The van der Waals surface area contributed by atoms with Gasteiger partial charge in [0, 0.05) is 36.4 Å². The second kappa shape index (κ2) is 5.04. The summed E-state index contributed by atoms with van der Waals surface area (Å²) in [4.78, 5) is 2.48. The molecule has 0 amide bonds. The average Bonchev–Trinajstić information content (AvgIpc) is 2.89. The van der Waals surface area contributed by atoms with E-state index in [2.05, 4.69) is 42.3 Å². The highest BCUT2D eigenvalue weighted by Gasteiger charge is 2.33. The molecule has 104 valence electrons. The Balaban J connectivity index is 1.65. The van der Waals surface area contributed by atoms with Crippen molar-refractivity contribution >= 4 is 11.4 Å². The van der Waals surface area contributed by atoms with E-state index in [0.717, 1.165) is 19.8 Å². The van der Waals surface area contributed by atoms with Crippen molar-refractivity contribution in [2.24, 2.45) is 5.41 Å². The molecule has 0 aliphatic carbocycles. The Morgan fingerprint density at radius 3 is 2.58 bits per heavy atom. The number of benzene rings is 1. The fourth-order valence-electron chi connectivity index (χ4n) is 2.88. The van der Waals surface area contributed by atoms with Crippen LogP contribution >= 0.6 is 0 Å². The minimum absolute atomic E-state index is 0.320. The Bertz CT molecular complexity index is 448. The van der Waals surface area contributed by atoms with Crippen molar-refractivity contribution in [2.75, 3.05) is 43.1 Å². The van der Waals surface area contributed by atoms with Crippen LogP contribution in [0.4, 0.5) is 11.4 Å². The largest absolute Gasteiger partial charge is 0.384 e. The highest BCUT2D eigenvalue weighted by molar-refractivity contribution is 5.60. The molecule has 0 bridgehead atoms. The SMILES string of the molecule is Cc1cc(N2CCCC2)ccc1NCC1(C)COC1. The Morgan fingerprint density at radius 1 is 1.26 bits per heavy atom. The molecular weight excluding hydrogens is 236 g/mol.